The van der Waals surface area contributed by atoms with Gasteiger partial charge >= 0.3 is 0 Å². The number of halogens is 1. The van der Waals surface area contributed by atoms with Gasteiger partial charge in [0.25, 0.3) is 0 Å². The Labute approximate surface area is 143 Å². The zero-order valence-corrected chi connectivity index (χ0v) is 14.9. The third-order valence-corrected chi connectivity index (χ3v) is 4.04. The van der Waals surface area contributed by atoms with E-state index in [9.17, 15) is 4.39 Å². The topological polar surface area (TPSA) is 54.2 Å². The summed E-state index contributed by atoms with van der Waals surface area (Å²) in [5.74, 6) is 0.569. The van der Waals surface area contributed by atoms with Crippen LogP contribution >= 0.6 is 0 Å². The normalized spacial score (nSPS) is 11.6. The fourth-order valence-electron chi connectivity index (χ4n) is 2.56. The van der Waals surface area contributed by atoms with Crippen LogP contribution in [0.2, 0.25) is 0 Å². The van der Waals surface area contributed by atoms with E-state index in [1.807, 2.05) is 44.6 Å². The van der Waals surface area contributed by atoms with E-state index in [-0.39, 0.29) is 5.82 Å². The standard InChI is InChI=1S/C18H26FN5/c1-5-20-18(21-11-10-15-8-6-7-9-17(15)19)22-12-16-13(2)23-24(4)14(16)3/h6-9H,5,10-12H2,1-4H3,(H2,20,21,22). The summed E-state index contributed by atoms with van der Waals surface area (Å²) in [6, 6.07) is 6.86. The lowest BCUT2D eigenvalue weighted by molar-refractivity contribution is 0.606. The third-order valence-electron chi connectivity index (χ3n) is 4.04. The smallest absolute Gasteiger partial charge is 0.191 e. The second-order valence-corrected chi connectivity index (χ2v) is 5.74. The van der Waals surface area contributed by atoms with E-state index in [4.69, 9.17) is 0 Å². The molecule has 5 nitrogen and oxygen atoms in total. The molecule has 0 atom stereocenters. The Kier molecular flexibility index (Phi) is 6.35. The van der Waals surface area contributed by atoms with Crippen LogP contribution in [0.15, 0.2) is 29.3 Å². The number of nitrogens with zero attached hydrogens (tertiary/aromatic N) is 3. The van der Waals surface area contributed by atoms with Gasteiger partial charge in [0.1, 0.15) is 5.82 Å². The predicted molar refractivity (Wildman–Crippen MR) is 95.6 cm³/mol. The van der Waals surface area contributed by atoms with Crippen LogP contribution in [-0.2, 0) is 20.0 Å². The Morgan fingerprint density at radius 2 is 2.00 bits per heavy atom. The largest absolute Gasteiger partial charge is 0.357 e. The Balaban J connectivity index is 1.97. The Morgan fingerprint density at radius 3 is 2.62 bits per heavy atom. The molecule has 6 heteroatoms. The maximum absolute atomic E-state index is 13.6. The van der Waals surface area contributed by atoms with Gasteiger partial charge in [0, 0.05) is 31.4 Å². The summed E-state index contributed by atoms with van der Waals surface area (Å²) in [5, 5.41) is 10.9. The van der Waals surface area contributed by atoms with Gasteiger partial charge < -0.3 is 10.6 Å². The summed E-state index contributed by atoms with van der Waals surface area (Å²) in [5.41, 5.74) is 3.98. The van der Waals surface area contributed by atoms with Crippen LogP contribution in [0, 0.1) is 19.7 Å². The van der Waals surface area contributed by atoms with Crippen LogP contribution in [0.4, 0.5) is 4.39 Å². The first-order chi connectivity index (χ1) is 11.5. The number of guanidine groups is 1. The van der Waals surface area contributed by atoms with Crippen LogP contribution in [-0.4, -0.2) is 28.8 Å². The molecule has 2 aromatic rings. The van der Waals surface area contributed by atoms with E-state index in [2.05, 4.69) is 20.7 Å². The first-order valence-electron chi connectivity index (χ1n) is 8.27. The van der Waals surface area contributed by atoms with Crippen molar-refractivity contribution in [3.8, 4) is 0 Å². The van der Waals surface area contributed by atoms with Crippen LogP contribution in [0.1, 0.15) is 29.4 Å². The van der Waals surface area contributed by atoms with Gasteiger partial charge in [-0.1, -0.05) is 18.2 Å². The van der Waals surface area contributed by atoms with Crippen molar-refractivity contribution >= 4 is 5.96 Å². The highest BCUT2D eigenvalue weighted by Crippen LogP contribution is 2.12. The van der Waals surface area contributed by atoms with Crippen LogP contribution < -0.4 is 10.6 Å². The monoisotopic (exact) mass is 331 g/mol. The van der Waals surface area contributed by atoms with Gasteiger partial charge in [-0.25, -0.2) is 9.38 Å². The summed E-state index contributed by atoms with van der Waals surface area (Å²) >= 11 is 0. The number of aryl methyl sites for hydroxylation is 2. The lowest BCUT2D eigenvalue weighted by atomic mass is 10.1. The summed E-state index contributed by atoms with van der Waals surface area (Å²) in [6.45, 7) is 8.03. The van der Waals surface area contributed by atoms with E-state index in [1.54, 1.807) is 6.07 Å². The van der Waals surface area contributed by atoms with Crippen molar-refractivity contribution in [2.24, 2.45) is 12.0 Å². The highest BCUT2D eigenvalue weighted by Gasteiger charge is 2.09. The summed E-state index contributed by atoms with van der Waals surface area (Å²) in [6.07, 6.45) is 0.613. The van der Waals surface area contributed by atoms with E-state index in [1.165, 1.54) is 6.07 Å². The van der Waals surface area contributed by atoms with Gasteiger partial charge in [0.2, 0.25) is 0 Å². The van der Waals surface area contributed by atoms with Crippen LogP contribution in [0.5, 0.6) is 0 Å². The predicted octanol–water partition coefficient (Wildman–Crippen LogP) is 2.47. The highest BCUT2D eigenvalue weighted by molar-refractivity contribution is 5.79. The van der Waals surface area contributed by atoms with Gasteiger partial charge in [-0.2, -0.15) is 5.10 Å². The van der Waals surface area contributed by atoms with E-state index in [0.29, 0.717) is 25.1 Å². The molecule has 130 valence electrons. The maximum atomic E-state index is 13.6. The summed E-state index contributed by atoms with van der Waals surface area (Å²) < 4.78 is 15.5. The van der Waals surface area contributed by atoms with Gasteiger partial charge in [-0.15, -0.1) is 0 Å². The minimum Gasteiger partial charge on any atom is -0.357 e. The summed E-state index contributed by atoms with van der Waals surface area (Å²) in [7, 11) is 1.94. The van der Waals surface area contributed by atoms with Crippen molar-refractivity contribution < 1.29 is 4.39 Å². The van der Waals surface area contributed by atoms with E-state index < -0.39 is 0 Å². The first-order valence-corrected chi connectivity index (χ1v) is 8.27. The average Bonchev–Trinajstić information content (AvgIpc) is 2.79. The molecule has 1 aromatic heterocycles. The van der Waals surface area contributed by atoms with Crippen LogP contribution in [0.3, 0.4) is 0 Å². The van der Waals surface area contributed by atoms with Crippen molar-refractivity contribution in [1.29, 1.82) is 0 Å². The molecule has 0 saturated carbocycles. The number of rotatable bonds is 6. The average molecular weight is 331 g/mol. The molecule has 1 heterocycles. The lowest BCUT2D eigenvalue weighted by Gasteiger charge is -2.11. The Bertz CT molecular complexity index is 705. The zero-order chi connectivity index (χ0) is 17.5. The molecule has 0 unspecified atom stereocenters. The fourth-order valence-corrected chi connectivity index (χ4v) is 2.56. The van der Waals surface area contributed by atoms with Crippen molar-refractivity contribution in [2.45, 2.75) is 33.7 Å². The molecule has 0 amide bonds. The van der Waals surface area contributed by atoms with Gasteiger partial charge in [-0.05, 0) is 38.8 Å². The van der Waals surface area contributed by atoms with Gasteiger partial charge in [0.05, 0.1) is 12.2 Å². The second kappa shape index (κ2) is 8.47. The zero-order valence-electron chi connectivity index (χ0n) is 14.9. The number of hydrogen-bond donors (Lipinski definition) is 2. The Hall–Kier alpha value is -2.37. The molecular weight excluding hydrogens is 305 g/mol. The highest BCUT2D eigenvalue weighted by atomic mass is 19.1. The number of aliphatic imine (C=N–C) groups is 1. The molecule has 0 aliphatic heterocycles. The SMILES string of the molecule is CCNC(=NCc1c(C)nn(C)c1C)NCCc1ccccc1F. The molecule has 24 heavy (non-hydrogen) atoms. The molecule has 0 aliphatic carbocycles. The van der Waals surface area contributed by atoms with E-state index in [0.717, 1.165) is 29.5 Å². The van der Waals surface area contributed by atoms with E-state index >= 15 is 0 Å². The fraction of sp³-hybridized carbons (Fsp3) is 0.444. The lowest BCUT2D eigenvalue weighted by Crippen LogP contribution is -2.38. The van der Waals surface area contributed by atoms with Crippen molar-refractivity contribution in [2.75, 3.05) is 13.1 Å². The number of nitrogens with one attached hydrogen (secondary N) is 2. The number of aromatic nitrogens is 2. The molecule has 0 spiro atoms. The minimum atomic E-state index is -0.164. The molecular formula is C18H26FN5. The first kappa shape index (κ1) is 18.0. The van der Waals surface area contributed by atoms with Crippen molar-refractivity contribution in [3.05, 3.63) is 52.6 Å². The van der Waals surface area contributed by atoms with Crippen LogP contribution in [0.25, 0.3) is 0 Å². The summed E-state index contributed by atoms with van der Waals surface area (Å²) in [4.78, 5) is 4.62. The maximum Gasteiger partial charge on any atom is 0.191 e. The molecule has 0 radical (unpaired) electrons. The molecule has 0 aliphatic rings. The van der Waals surface area contributed by atoms with Crippen molar-refractivity contribution in [1.82, 2.24) is 20.4 Å². The minimum absolute atomic E-state index is 0.164. The van der Waals surface area contributed by atoms with Gasteiger partial charge in [0.15, 0.2) is 5.96 Å². The second-order valence-electron chi connectivity index (χ2n) is 5.74. The van der Waals surface area contributed by atoms with Crippen molar-refractivity contribution in [3.63, 3.8) is 0 Å². The molecule has 2 N–H and O–H groups in total. The quantitative estimate of drug-likeness (QED) is 0.631. The molecule has 2 rings (SSSR count). The molecule has 0 fully saturated rings. The molecule has 0 saturated heterocycles. The van der Waals surface area contributed by atoms with Gasteiger partial charge in [-0.3, -0.25) is 4.68 Å². The number of hydrogen-bond acceptors (Lipinski definition) is 2. The third kappa shape index (κ3) is 4.57. The Morgan fingerprint density at radius 1 is 1.25 bits per heavy atom. The molecule has 0 bridgehead atoms. The number of benzene rings is 1. The molecule has 1 aromatic carbocycles.